The predicted octanol–water partition coefficient (Wildman–Crippen LogP) is 3.06. The zero-order chi connectivity index (χ0) is 20.4. The number of nitrogens with zero attached hydrogens (tertiary/aromatic N) is 3. The van der Waals surface area contributed by atoms with E-state index >= 15 is 0 Å². The van der Waals surface area contributed by atoms with Crippen LogP contribution < -0.4 is 15.4 Å². The Morgan fingerprint density at radius 2 is 1.66 bits per heavy atom. The average Bonchev–Trinajstić information content (AvgIpc) is 3.09. The van der Waals surface area contributed by atoms with Gasteiger partial charge < -0.3 is 10.6 Å². The van der Waals surface area contributed by atoms with E-state index in [1.807, 2.05) is 25.1 Å². The number of hydrogen-bond donors (Lipinski definition) is 4. The second kappa shape index (κ2) is 7.49. The highest BCUT2D eigenvalue weighted by Gasteiger charge is 2.11. The smallest absolute Gasteiger partial charge is 0.240 e. The third-order valence-electron chi connectivity index (χ3n) is 4.38. The zero-order valence-corrected chi connectivity index (χ0v) is 16.6. The number of nitrogens with one attached hydrogen (secondary N) is 4. The van der Waals surface area contributed by atoms with Crippen molar-refractivity contribution in [2.75, 3.05) is 17.7 Å². The molecule has 0 aliphatic heterocycles. The van der Waals surface area contributed by atoms with Gasteiger partial charge in [-0.25, -0.2) is 23.1 Å². The minimum atomic E-state index is -3.52. The Hall–Kier alpha value is -3.50. The molecule has 0 bridgehead atoms. The number of aromatic amines is 1. The molecule has 0 fully saturated rings. The van der Waals surface area contributed by atoms with Crippen molar-refractivity contribution in [2.45, 2.75) is 11.8 Å². The van der Waals surface area contributed by atoms with Crippen LogP contribution in [0.25, 0.3) is 10.9 Å². The summed E-state index contributed by atoms with van der Waals surface area (Å²) in [7, 11) is -2.15. The molecule has 2 heterocycles. The van der Waals surface area contributed by atoms with Crippen molar-refractivity contribution in [3.8, 4) is 0 Å². The second-order valence-corrected chi connectivity index (χ2v) is 8.23. The predicted molar refractivity (Wildman–Crippen MR) is 112 cm³/mol. The van der Waals surface area contributed by atoms with E-state index in [-0.39, 0.29) is 4.90 Å². The summed E-state index contributed by atoms with van der Waals surface area (Å²) < 4.78 is 26.3. The Morgan fingerprint density at radius 3 is 2.38 bits per heavy atom. The van der Waals surface area contributed by atoms with E-state index in [2.05, 4.69) is 35.5 Å². The summed E-state index contributed by atoms with van der Waals surface area (Å²) in [5.41, 5.74) is 3.33. The first-order valence-electron chi connectivity index (χ1n) is 8.79. The normalized spacial score (nSPS) is 11.5. The first kappa shape index (κ1) is 18.8. The molecule has 0 saturated heterocycles. The van der Waals surface area contributed by atoms with Crippen molar-refractivity contribution in [1.29, 1.82) is 0 Å². The van der Waals surface area contributed by atoms with Crippen LogP contribution in [0.4, 0.5) is 23.0 Å². The van der Waals surface area contributed by atoms with Gasteiger partial charge in [-0.2, -0.15) is 5.10 Å². The summed E-state index contributed by atoms with van der Waals surface area (Å²) in [5, 5.41) is 14.6. The lowest BCUT2D eigenvalue weighted by Gasteiger charge is -2.10. The lowest BCUT2D eigenvalue weighted by molar-refractivity contribution is 0.588. The van der Waals surface area contributed by atoms with Crippen molar-refractivity contribution in [1.82, 2.24) is 24.9 Å². The van der Waals surface area contributed by atoms with Crippen LogP contribution in [0.3, 0.4) is 0 Å². The van der Waals surface area contributed by atoms with Crippen LogP contribution in [0.5, 0.6) is 0 Å². The summed E-state index contributed by atoms with van der Waals surface area (Å²) in [4.78, 5) is 8.60. The van der Waals surface area contributed by atoms with Crippen molar-refractivity contribution in [3.63, 3.8) is 0 Å². The molecule has 0 saturated carbocycles. The lowest BCUT2D eigenvalue weighted by Crippen LogP contribution is -2.18. The van der Waals surface area contributed by atoms with E-state index in [1.165, 1.54) is 25.5 Å². The minimum absolute atomic E-state index is 0.167. The number of fused-ring (bicyclic) bond motifs is 1. The molecule has 0 aliphatic rings. The number of aromatic nitrogens is 4. The number of benzene rings is 2. The Kier molecular flexibility index (Phi) is 4.87. The van der Waals surface area contributed by atoms with Crippen LogP contribution in [0.1, 0.15) is 5.69 Å². The maximum atomic E-state index is 12.0. The molecule has 0 spiro atoms. The molecule has 0 amide bonds. The van der Waals surface area contributed by atoms with Gasteiger partial charge in [-0.1, -0.05) is 6.07 Å². The SMILES string of the molecule is CNS(=O)(=O)c1cccc(Nc2cc(Nc3ccc4c(C)n[nH]c4c3)ncn2)c1. The first-order chi connectivity index (χ1) is 13.9. The van der Waals surface area contributed by atoms with Crippen LogP contribution in [0.15, 0.2) is 59.8 Å². The van der Waals surface area contributed by atoms with Gasteiger partial charge in [-0.15, -0.1) is 0 Å². The van der Waals surface area contributed by atoms with Gasteiger partial charge in [-0.3, -0.25) is 5.10 Å². The number of sulfonamides is 1. The molecule has 29 heavy (non-hydrogen) atoms. The monoisotopic (exact) mass is 409 g/mol. The van der Waals surface area contributed by atoms with Crippen molar-refractivity contribution < 1.29 is 8.42 Å². The molecule has 4 rings (SSSR count). The van der Waals surface area contributed by atoms with Crippen LogP contribution in [-0.4, -0.2) is 35.6 Å². The molecular formula is C19H19N7O2S. The molecule has 0 aliphatic carbocycles. The zero-order valence-electron chi connectivity index (χ0n) is 15.8. The van der Waals surface area contributed by atoms with Crippen molar-refractivity contribution >= 4 is 43.9 Å². The average molecular weight is 409 g/mol. The Labute approximate surface area is 167 Å². The van der Waals surface area contributed by atoms with E-state index in [0.717, 1.165) is 22.3 Å². The summed E-state index contributed by atoms with van der Waals surface area (Å²) >= 11 is 0. The van der Waals surface area contributed by atoms with Gasteiger partial charge in [0.15, 0.2) is 0 Å². The van der Waals surface area contributed by atoms with Crippen LogP contribution >= 0.6 is 0 Å². The van der Waals surface area contributed by atoms with E-state index in [1.54, 1.807) is 18.2 Å². The van der Waals surface area contributed by atoms with Gasteiger partial charge in [0.1, 0.15) is 18.0 Å². The maximum absolute atomic E-state index is 12.0. The van der Waals surface area contributed by atoms with E-state index in [4.69, 9.17) is 0 Å². The summed E-state index contributed by atoms with van der Waals surface area (Å²) in [6, 6.07) is 14.1. The van der Waals surface area contributed by atoms with E-state index in [0.29, 0.717) is 17.3 Å². The topological polar surface area (TPSA) is 125 Å². The largest absolute Gasteiger partial charge is 0.340 e. The summed E-state index contributed by atoms with van der Waals surface area (Å²) in [6.07, 6.45) is 1.43. The summed E-state index contributed by atoms with van der Waals surface area (Å²) in [5.74, 6) is 1.12. The highest BCUT2D eigenvalue weighted by molar-refractivity contribution is 7.89. The molecule has 4 aromatic rings. The lowest BCUT2D eigenvalue weighted by atomic mass is 10.2. The molecular weight excluding hydrogens is 390 g/mol. The molecule has 2 aromatic heterocycles. The van der Waals surface area contributed by atoms with Crippen LogP contribution in [-0.2, 0) is 10.0 Å². The molecule has 10 heteroatoms. The second-order valence-electron chi connectivity index (χ2n) is 6.34. The Balaban J connectivity index is 1.55. The van der Waals surface area contributed by atoms with Crippen molar-refractivity contribution in [2.24, 2.45) is 0 Å². The third-order valence-corrected chi connectivity index (χ3v) is 5.79. The molecule has 148 valence electrons. The Bertz CT molecular complexity index is 1280. The highest BCUT2D eigenvalue weighted by atomic mass is 32.2. The first-order valence-corrected chi connectivity index (χ1v) is 10.3. The van der Waals surface area contributed by atoms with Crippen LogP contribution in [0, 0.1) is 6.92 Å². The van der Waals surface area contributed by atoms with Gasteiger partial charge >= 0.3 is 0 Å². The molecule has 0 radical (unpaired) electrons. The number of hydrogen-bond acceptors (Lipinski definition) is 7. The third kappa shape index (κ3) is 4.03. The van der Waals surface area contributed by atoms with Crippen molar-refractivity contribution in [3.05, 3.63) is 60.6 Å². The number of anilines is 4. The van der Waals surface area contributed by atoms with Gasteiger partial charge in [0, 0.05) is 22.8 Å². The number of aryl methyl sites for hydroxylation is 1. The quantitative estimate of drug-likeness (QED) is 0.386. The van der Waals surface area contributed by atoms with Gasteiger partial charge in [0.05, 0.1) is 16.1 Å². The molecule has 2 aromatic carbocycles. The van der Waals surface area contributed by atoms with E-state index in [9.17, 15) is 8.42 Å². The highest BCUT2D eigenvalue weighted by Crippen LogP contribution is 2.24. The minimum Gasteiger partial charge on any atom is -0.340 e. The number of H-pyrrole nitrogens is 1. The molecule has 9 nitrogen and oxygen atoms in total. The summed E-state index contributed by atoms with van der Waals surface area (Å²) in [6.45, 7) is 1.95. The van der Waals surface area contributed by atoms with Gasteiger partial charge in [0.25, 0.3) is 0 Å². The van der Waals surface area contributed by atoms with E-state index < -0.39 is 10.0 Å². The number of rotatable bonds is 6. The standard InChI is InChI=1S/C19H19N7O2S/c1-12-16-7-6-14(9-17(16)26-25-12)24-19-10-18(21-11-22-19)23-13-4-3-5-15(8-13)29(27,28)20-2/h3-11,20H,1-2H3,(H,25,26)(H2,21,22,23,24). The fourth-order valence-electron chi connectivity index (χ4n) is 2.88. The van der Waals surface area contributed by atoms with Gasteiger partial charge in [-0.05, 0) is 50.4 Å². The van der Waals surface area contributed by atoms with Crippen LogP contribution in [0.2, 0.25) is 0 Å². The maximum Gasteiger partial charge on any atom is 0.240 e. The van der Waals surface area contributed by atoms with Gasteiger partial charge in [0.2, 0.25) is 10.0 Å². The molecule has 4 N–H and O–H groups in total. The fraction of sp³-hybridized carbons (Fsp3) is 0.105. The molecule has 0 atom stereocenters. The Morgan fingerprint density at radius 1 is 0.931 bits per heavy atom. The molecule has 0 unspecified atom stereocenters. The fourth-order valence-corrected chi connectivity index (χ4v) is 3.66.